The summed E-state index contributed by atoms with van der Waals surface area (Å²) < 4.78 is 6.11. The molecule has 2 rings (SSSR count). The zero-order valence-electron chi connectivity index (χ0n) is 8.13. The maximum Gasteiger partial charge on any atom is 0.152 e. The molecule has 0 aliphatic carbocycles. The van der Waals surface area contributed by atoms with Crippen molar-refractivity contribution in [3.05, 3.63) is 40.1 Å². The lowest BCUT2D eigenvalue weighted by molar-refractivity contribution is 0.396. The molecule has 1 aromatic carbocycles. The van der Waals surface area contributed by atoms with Crippen LogP contribution in [0, 0.1) is 6.92 Å². The van der Waals surface area contributed by atoms with Gasteiger partial charge in [-0.15, -0.1) is 11.6 Å². The van der Waals surface area contributed by atoms with Gasteiger partial charge in [0.15, 0.2) is 5.76 Å². The lowest BCUT2D eigenvalue weighted by Gasteiger charge is -1.99. The van der Waals surface area contributed by atoms with E-state index in [4.69, 9.17) is 16.1 Å². The smallest absolute Gasteiger partial charge is 0.152 e. The Kier molecular flexibility index (Phi) is 3.12. The maximum atomic E-state index is 5.64. The van der Waals surface area contributed by atoms with E-state index < -0.39 is 0 Å². The maximum absolute atomic E-state index is 5.64. The number of hydrogen-bond donors (Lipinski definition) is 0. The second-order valence-electron chi connectivity index (χ2n) is 3.28. The van der Waals surface area contributed by atoms with Crippen molar-refractivity contribution in [1.82, 2.24) is 5.16 Å². The van der Waals surface area contributed by atoms with Crippen LogP contribution in [0.2, 0.25) is 0 Å². The van der Waals surface area contributed by atoms with Crippen LogP contribution in [-0.2, 0) is 5.88 Å². The van der Waals surface area contributed by atoms with Crippen LogP contribution >= 0.6 is 27.5 Å². The zero-order chi connectivity index (χ0) is 10.8. The Morgan fingerprint density at radius 3 is 2.80 bits per heavy atom. The summed E-state index contributed by atoms with van der Waals surface area (Å²) in [6.07, 6.45) is 0. The molecule has 0 amide bonds. The van der Waals surface area contributed by atoms with Gasteiger partial charge in [0, 0.05) is 16.1 Å². The fourth-order valence-corrected chi connectivity index (χ4v) is 1.77. The Bertz CT molecular complexity index is 481. The van der Waals surface area contributed by atoms with Crippen molar-refractivity contribution in [3.8, 4) is 11.3 Å². The Balaban J connectivity index is 2.40. The molecule has 0 bridgehead atoms. The third kappa shape index (κ3) is 2.24. The van der Waals surface area contributed by atoms with Crippen LogP contribution in [0.3, 0.4) is 0 Å². The minimum Gasteiger partial charge on any atom is -0.359 e. The number of hydrogen-bond acceptors (Lipinski definition) is 2. The van der Waals surface area contributed by atoms with E-state index in [0.29, 0.717) is 11.6 Å². The van der Waals surface area contributed by atoms with Crippen molar-refractivity contribution in [2.45, 2.75) is 12.8 Å². The zero-order valence-corrected chi connectivity index (χ0v) is 10.5. The van der Waals surface area contributed by atoms with E-state index in [1.807, 2.05) is 31.2 Å². The standard InChI is InChI=1S/C11H9BrClNO/c1-7-2-3-8(4-10(7)12)11-5-9(6-13)15-14-11/h2-5H,6H2,1H3. The van der Waals surface area contributed by atoms with Crippen LogP contribution in [0.5, 0.6) is 0 Å². The molecule has 0 unspecified atom stereocenters. The summed E-state index contributed by atoms with van der Waals surface area (Å²) in [7, 11) is 0. The average molecular weight is 287 g/mol. The molecule has 4 heteroatoms. The van der Waals surface area contributed by atoms with Gasteiger partial charge >= 0.3 is 0 Å². The topological polar surface area (TPSA) is 26.0 Å². The molecule has 0 saturated carbocycles. The summed E-state index contributed by atoms with van der Waals surface area (Å²) in [6, 6.07) is 7.92. The van der Waals surface area contributed by atoms with Gasteiger partial charge in [-0.05, 0) is 18.6 Å². The van der Waals surface area contributed by atoms with Crippen LogP contribution in [0.25, 0.3) is 11.3 Å². The van der Waals surface area contributed by atoms with E-state index in [1.54, 1.807) is 0 Å². The van der Waals surface area contributed by atoms with E-state index in [2.05, 4.69) is 21.1 Å². The fourth-order valence-electron chi connectivity index (χ4n) is 1.26. The molecule has 0 spiro atoms. The first-order chi connectivity index (χ1) is 7.20. The number of rotatable bonds is 2. The van der Waals surface area contributed by atoms with Gasteiger partial charge in [-0.2, -0.15) is 0 Å². The molecular weight excluding hydrogens is 277 g/mol. The second kappa shape index (κ2) is 4.37. The Morgan fingerprint density at radius 2 is 2.20 bits per heavy atom. The van der Waals surface area contributed by atoms with Crippen molar-refractivity contribution in [2.75, 3.05) is 0 Å². The first kappa shape index (κ1) is 10.7. The highest BCUT2D eigenvalue weighted by Gasteiger charge is 2.06. The molecular formula is C11H9BrClNO. The molecule has 15 heavy (non-hydrogen) atoms. The van der Waals surface area contributed by atoms with Crippen molar-refractivity contribution < 1.29 is 4.52 Å². The van der Waals surface area contributed by atoms with Crippen LogP contribution in [0.15, 0.2) is 33.3 Å². The summed E-state index contributed by atoms with van der Waals surface area (Å²) >= 11 is 9.12. The van der Waals surface area contributed by atoms with Gasteiger partial charge < -0.3 is 4.52 Å². The molecule has 1 aromatic heterocycles. The second-order valence-corrected chi connectivity index (χ2v) is 4.40. The Hall–Kier alpha value is -0.800. The number of benzene rings is 1. The molecule has 0 atom stereocenters. The summed E-state index contributed by atoms with van der Waals surface area (Å²) in [4.78, 5) is 0. The largest absolute Gasteiger partial charge is 0.359 e. The molecule has 0 N–H and O–H groups in total. The highest BCUT2D eigenvalue weighted by Crippen LogP contribution is 2.25. The molecule has 1 heterocycles. The van der Waals surface area contributed by atoms with Gasteiger partial charge in [-0.1, -0.05) is 33.2 Å². The predicted octanol–water partition coefficient (Wildman–Crippen LogP) is 4.15. The summed E-state index contributed by atoms with van der Waals surface area (Å²) in [6.45, 7) is 2.04. The van der Waals surface area contributed by atoms with Crippen LogP contribution < -0.4 is 0 Å². The monoisotopic (exact) mass is 285 g/mol. The van der Waals surface area contributed by atoms with Gasteiger partial charge in [-0.3, -0.25) is 0 Å². The Labute approximate surface area is 101 Å². The van der Waals surface area contributed by atoms with E-state index in [1.165, 1.54) is 5.56 Å². The minimum atomic E-state index is 0.347. The minimum absolute atomic E-state index is 0.347. The molecule has 0 aliphatic heterocycles. The average Bonchev–Trinajstić information content (AvgIpc) is 2.70. The number of nitrogens with zero attached hydrogens (tertiary/aromatic N) is 1. The molecule has 2 nitrogen and oxygen atoms in total. The van der Waals surface area contributed by atoms with Crippen LogP contribution in [0.1, 0.15) is 11.3 Å². The lowest BCUT2D eigenvalue weighted by atomic mass is 10.1. The normalized spacial score (nSPS) is 10.6. The van der Waals surface area contributed by atoms with E-state index in [0.717, 1.165) is 15.7 Å². The van der Waals surface area contributed by atoms with Gasteiger partial charge in [-0.25, -0.2) is 0 Å². The highest BCUT2D eigenvalue weighted by molar-refractivity contribution is 9.10. The summed E-state index contributed by atoms with van der Waals surface area (Å²) in [5.74, 6) is 1.03. The number of aryl methyl sites for hydroxylation is 1. The van der Waals surface area contributed by atoms with Crippen LogP contribution in [0.4, 0.5) is 0 Å². The van der Waals surface area contributed by atoms with Crippen molar-refractivity contribution >= 4 is 27.5 Å². The SMILES string of the molecule is Cc1ccc(-c2cc(CCl)on2)cc1Br. The summed E-state index contributed by atoms with van der Waals surface area (Å²) in [5.41, 5.74) is 3.03. The molecule has 2 aromatic rings. The lowest BCUT2D eigenvalue weighted by Crippen LogP contribution is -1.80. The number of halogens is 2. The van der Waals surface area contributed by atoms with Gasteiger partial charge in [0.05, 0.1) is 5.88 Å². The quantitative estimate of drug-likeness (QED) is 0.775. The van der Waals surface area contributed by atoms with Crippen LogP contribution in [-0.4, -0.2) is 5.16 Å². The van der Waals surface area contributed by atoms with Gasteiger partial charge in [0.1, 0.15) is 5.69 Å². The first-order valence-corrected chi connectivity index (χ1v) is 5.81. The van der Waals surface area contributed by atoms with Gasteiger partial charge in [0.25, 0.3) is 0 Å². The Morgan fingerprint density at radius 1 is 1.40 bits per heavy atom. The number of aromatic nitrogens is 1. The molecule has 78 valence electrons. The van der Waals surface area contributed by atoms with E-state index in [9.17, 15) is 0 Å². The third-order valence-corrected chi connectivity index (χ3v) is 3.28. The third-order valence-electron chi connectivity index (χ3n) is 2.16. The first-order valence-electron chi connectivity index (χ1n) is 4.49. The highest BCUT2D eigenvalue weighted by atomic mass is 79.9. The molecule has 0 fully saturated rings. The molecule has 0 saturated heterocycles. The molecule has 0 aliphatic rings. The van der Waals surface area contributed by atoms with Crippen molar-refractivity contribution in [1.29, 1.82) is 0 Å². The number of alkyl halides is 1. The van der Waals surface area contributed by atoms with E-state index >= 15 is 0 Å². The summed E-state index contributed by atoms with van der Waals surface area (Å²) in [5, 5.41) is 3.95. The fraction of sp³-hybridized carbons (Fsp3) is 0.182. The predicted molar refractivity (Wildman–Crippen MR) is 63.9 cm³/mol. The van der Waals surface area contributed by atoms with Crippen molar-refractivity contribution in [3.63, 3.8) is 0 Å². The molecule has 0 radical (unpaired) electrons. The van der Waals surface area contributed by atoms with Crippen molar-refractivity contribution in [2.24, 2.45) is 0 Å². The van der Waals surface area contributed by atoms with Gasteiger partial charge in [0.2, 0.25) is 0 Å². The van der Waals surface area contributed by atoms with E-state index in [-0.39, 0.29) is 0 Å².